The highest BCUT2D eigenvalue weighted by Gasteiger charge is 2.34. The molecule has 0 saturated carbocycles. The number of hydrogen-bond acceptors (Lipinski definition) is 3. The van der Waals surface area contributed by atoms with Crippen molar-refractivity contribution in [3.63, 3.8) is 0 Å². The van der Waals surface area contributed by atoms with E-state index < -0.39 is 5.97 Å². The van der Waals surface area contributed by atoms with E-state index in [0.717, 1.165) is 17.3 Å². The number of carbonyl (C=O) groups is 2. The number of carboxylic acids is 1. The molecule has 0 aromatic rings. The van der Waals surface area contributed by atoms with Gasteiger partial charge in [-0.2, -0.15) is 0 Å². The van der Waals surface area contributed by atoms with Gasteiger partial charge in [-0.3, -0.25) is 14.5 Å². The van der Waals surface area contributed by atoms with Crippen molar-refractivity contribution in [3.8, 4) is 0 Å². The maximum absolute atomic E-state index is 12.5. The molecule has 2 rings (SSSR count). The number of aliphatic carboxylic acids is 1. The number of carboxylic acid groups (broad SMARTS) is 1. The molecule has 0 spiro atoms. The normalized spacial score (nSPS) is 21.0. The highest BCUT2D eigenvalue weighted by molar-refractivity contribution is 9.11. The van der Waals surface area contributed by atoms with E-state index in [4.69, 9.17) is 17.3 Å². The monoisotopic (exact) mass is 370 g/mol. The second kappa shape index (κ2) is 7.09. The standard InChI is InChI=1S/C14H15BrN2O3S/c15-9-5-6-11-10(8-9)13(20)17(14(21)16-11)7-3-1-2-4-12(18)19/h5-6,8,10H,1-4,7H2,(H,18,19). The van der Waals surface area contributed by atoms with Crippen molar-refractivity contribution in [1.82, 2.24) is 4.90 Å². The molecule has 0 aromatic carbocycles. The first-order valence-electron chi connectivity index (χ1n) is 6.70. The van der Waals surface area contributed by atoms with E-state index in [-0.39, 0.29) is 18.2 Å². The number of fused-ring (bicyclic) bond motifs is 1. The minimum atomic E-state index is -0.794. The molecule has 2 aliphatic rings. The number of hydrogen-bond donors (Lipinski definition) is 1. The van der Waals surface area contributed by atoms with Gasteiger partial charge in [0.25, 0.3) is 0 Å². The maximum atomic E-state index is 12.5. The van der Waals surface area contributed by atoms with Gasteiger partial charge in [-0.25, -0.2) is 4.99 Å². The van der Waals surface area contributed by atoms with E-state index in [1.807, 2.05) is 12.2 Å². The van der Waals surface area contributed by atoms with Gasteiger partial charge in [-0.05, 0) is 37.2 Å². The first kappa shape index (κ1) is 16.0. The molecule has 1 aliphatic carbocycles. The Kier molecular flexibility index (Phi) is 5.41. The van der Waals surface area contributed by atoms with E-state index >= 15 is 0 Å². The second-order valence-corrected chi connectivity index (χ2v) is 6.16. The fourth-order valence-corrected chi connectivity index (χ4v) is 2.92. The molecule has 21 heavy (non-hydrogen) atoms. The van der Waals surface area contributed by atoms with Crippen LogP contribution in [0.3, 0.4) is 0 Å². The van der Waals surface area contributed by atoms with E-state index in [0.29, 0.717) is 23.8 Å². The molecular weight excluding hydrogens is 356 g/mol. The molecular formula is C14H15BrN2O3S. The number of amides is 1. The van der Waals surface area contributed by atoms with Gasteiger partial charge in [0.15, 0.2) is 0 Å². The molecule has 0 aromatic heterocycles. The van der Waals surface area contributed by atoms with Crippen LogP contribution < -0.4 is 0 Å². The number of halogens is 1. The van der Waals surface area contributed by atoms with Crippen LogP contribution in [0.1, 0.15) is 25.7 Å². The summed E-state index contributed by atoms with van der Waals surface area (Å²) in [5.74, 6) is -1.24. The summed E-state index contributed by atoms with van der Waals surface area (Å²) >= 11 is 8.54. The number of nitrogens with zero attached hydrogens (tertiary/aromatic N) is 2. The van der Waals surface area contributed by atoms with E-state index in [2.05, 4.69) is 20.9 Å². The molecule has 1 unspecified atom stereocenters. The van der Waals surface area contributed by atoms with E-state index in [1.54, 1.807) is 6.08 Å². The summed E-state index contributed by atoms with van der Waals surface area (Å²) in [6, 6.07) is 0. The van der Waals surface area contributed by atoms with Crippen LogP contribution in [0.2, 0.25) is 0 Å². The number of rotatable bonds is 6. The third-order valence-corrected chi connectivity index (χ3v) is 4.16. The van der Waals surface area contributed by atoms with Crippen LogP contribution in [0.15, 0.2) is 27.7 Å². The summed E-state index contributed by atoms with van der Waals surface area (Å²) in [5, 5.41) is 8.87. The Hall–Kier alpha value is -1.34. The molecule has 1 N–H and O–H groups in total. The smallest absolute Gasteiger partial charge is 0.303 e. The number of aliphatic imine (C=N–C) groups is 1. The number of thiocarbonyl (C=S) groups is 1. The minimum Gasteiger partial charge on any atom is -0.481 e. The van der Waals surface area contributed by atoms with Crippen LogP contribution in [0.4, 0.5) is 0 Å². The summed E-state index contributed by atoms with van der Waals surface area (Å²) in [6.07, 6.45) is 7.69. The molecule has 1 atom stereocenters. The number of allylic oxidation sites excluding steroid dienone is 3. The van der Waals surface area contributed by atoms with Gasteiger partial charge in [0.2, 0.25) is 11.0 Å². The zero-order valence-electron chi connectivity index (χ0n) is 11.3. The fraction of sp³-hybridized carbons (Fsp3) is 0.429. The lowest BCUT2D eigenvalue weighted by Crippen LogP contribution is -2.46. The van der Waals surface area contributed by atoms with Crippen molar-refractivity contribution in [1.29, 1.82) is 0 Å². The summed E-state index contributed by atoms with van der Waals surface area (Å²) in [6.45, 7) is 0.486. The summed E-state index contributed by atoms with van der Waals surface area (Å²) in [4.78, 5) is 28.7. The highest BCUT2D eigenvalue weighted by Crippen LogP contribution is 2.25. The van der Waals surface area contributed by atoms with Crippen LogP contribution in [-0.2, 0) is 9.59 Å². The Labute approximate surface area is 136 Å². The Morgan fingerprint density at radius 1 is 1.38 bits per heavy atom. The minimum absolute atomic E-state index is 0.0652. The fourth-order valence-electron chi connectivity index (χ4n) is 2.24. The number of unbranched alkanes of at least 4 members (excludes halogenated alkanes) is 2. The first-order chi connectivity index (χ1) is 9.99. The lowest BCUT2D eigenvalue weighted by atomic mass is 9.95. The van der Waals surface area contributed by atoms with Crippen LogP contribution in [-0.4, -0.2) is 39.3 Å². The molecule has 5 nitrogen and oxygen atoms in total. The van der Waals surface area contributed by atoms with Crippen LogP contribution in [0.5, 0.6) is 0 Å². The van der Waals surface area contributed by atoms with Gasteiger partial charge in [-0.15, -0.1) is 0 Å². The molecule has 1 amide bonds. The SMILES string of the molecule is O=C(O)CCCCCN1C(=O)C2C=C(Br)C=CC2=NC1=S. The molecule has 112 valence electrons. The Bertz CT molecular complexity index is 569. The molecule has 1 aliphatic heterocycles. The van der Waals surface area contributed by atoms with E-state index in [9.17, 15) is 9.59 Å². The summed E-state index contributed by atoms with van der Waals surface area (Å²) < 4.78 is 0.856. The lowest BCUT2D eigenvalue weighted by Gasteiger charge is -2.30. The third-order valence-electron chi connectivity index (χ3n) is 3.32. The molecule has 0 saturated heterocycles. The third kappa shape index (κ3) is 4.07. The maximum Gasteiger partial charge on any atom is 0.303 e. The number of carbonyl (C=O) groups excluding carboxylic acids is 1. The van der Waals surface area contributed by atoms with Gasteiger partial charge < -0.3 is 5.11 Å². The first-order valence-corrected chi connectivity index (χ1v) is 7.90. The molecule has 0 radical (unpaired) electrons. The Morgan fingerprint density at radius 3 is 2.86 bits per heavy atom. The topological polar surface area (TPSA) is 70.0 Å². The Balaban J connectivity index is 1.94. The quantitative estimate of drug-likeness (QED) is 0.576. The van der Waals surface area contributed by atoms with Crippen LogP contribution in [0, 0.1) is 5.92 Å². The van der Waals surface area contributed by atoms with Crippen molar-refractivity contribution in [2.75, 3.05) is 6.54 Å². The van der Waals surface area contributed by atoms with Crippen LogP contribution in [0.25, 0.3) is 0 Å². The van der Waals surface area contributed by atoms with Crippen molar-refractivity contribution >= 4 is 50.8 Å². The average Bonchev–Trinajstić information content (AvgIpc) is 2.42. The highest BCUT2D eigenvalue weighted by atomic mass is 79.9. The van der Waals surface area contributed by atoms with Gasteiger partial charge >= 0.3 is 5.97 Å². The van der Waals surface area contributed by atoms with Gasteiger partial charge in [0.05, 0.1) is 5.71 Å². The van der Waals surface area contributed by atoms with Crippen molar-refractivity contribution in [2.24, 2.45) is 10.9 Å². The van der Waals surface area contributed by atoms with Crippen LogP contribution >= 0.6 is 28.1 Å². The lowest BCUT2D eigenvalue weighted by molar-refractivity contribution is -0.137. The van der Waals surface area contributed by atoms with E-state index in [1.165, 1.54) is 4.90 Å². The molecule has 7 heteroatoms. The molecule has 0 fully saturated rings. The molecule has 0 bridgehead atoms. The van der Waals surface area contributed by atoms with Gasteiger partial charge in [0, 0.05) is 17.4 Å². The predicted molar refractivity (Wildman–Crippen MR) is 87.5 cm³/mol. The summed E-state index contributed by atoms with van der Waals surface area (Å²) in [7, 11) is 0. The largest absolute Gasteiger partial charge is 0.481 e. The van der Waals surface area contributed by atoms with Gasteiger partial charge in [0.1, 0.15) is 5.92 Å². The average molecular weight is 371 g/mol. The van der Waals surface area contributed by atoms with Crippen molar-refractivity contribution in [2.45, 2.75) is 25.7 Å². The van der Waals surface area contributed by atoms with Crippen molar-refractivity contribution in [3.05, 3.63) is 22.7 Å². The zero-order chi connectivity index (χ0) is 15.4. The summed E-state index contributed by atoms with van der Waals surface area (Å²) in [5.41, 5.74) is 0.676. The predicted octanol–water partition coefficient (Wildman–Crippen LogP) is 2.66. The van der Waals surface area contributed by atoms with Gasteiger partial charge in [-0.1, -0.05) is 28.4 Å². The second-order valence-electron chi connectivity index (χ2n) is 4.88. The van der Waals surface area contributed by atoms with Crippen molar-refractivity contribution < 1.29 is 14.7 Å². The molecule has 1 heterocycles. The zero-order valence-corrected chi connectivity index (χ0v) is 13.7. The Morgan fingerprint density at radius 2 is 2.14 bits per heavy atom.